The highest BCUT2D eigenvalue weighted by Crippen LogP contribution is 2.19. The molecule has 200 valence electrons. The minimum atomic E-state index is -1.09. The third-order valence-electron chi connectivity index (χ3n) is 6.24. The van der Waals surface area contributed by atoms with Crippen molar-refractivity contribution in [2.45, 2.75) is 64.8 Å². The molecular weight excluding hydrogens is 472 g/mol. The molecular formula is C27H38N6O4. The van der Waals surface area contributed by atoms with Gasteiger partial charge in [0.1, 0.15) is 6.04 Å². The molecule has 0 unspecified atom stereocenters. The molecule has 1 fully saturated rings. The van der Waals surface area contributed by atoms with Gasteiger partial charge in [-0.15, -0.1) is 10.2 Å². The van der Waals surface area contributed by atoms with Gasteiger partial charge >= 0.3 is 0 Å². The number of ether oxygens (including phenoxy) is 1. The van der Waals surface area contributed by atoms with Gasteiger partial charge in [-0.2, -0.15) is 0 Å². The number of rotatable bonds is 10. The van der Waals surface area contributed by atoms with Crippen LogP contribution < -0.4 is 11.1 Å². The van der Waals surface area contributed by atoms with E-state index in [1.54, 1.807) is 18.7 Å². The molecule has 4 N–H and O–H groups in total. The zero-order valence-corrected chi connectivity index (χ0v) is 20.8. The first-order valence-electron chi connectivity index (χ1n) is 12.2. The monoisotopic (exact) mass is 510 g/mol. The number of aromatic nitrogens is 3. The zero-order chi connectivity index (χ0) is 25.7. The number of nitrogens with two attached hydrogens (primary N) is 1. The molecule has 3 aromatic rings. The number of nitrogens with zero attached hydrogens (tertiary/aromatic N) is 4. The molecule has 1 aromatic carbocycles. The number of fused-ring (bicyclic) bond motifs is 1. The maximum atomic E-state index is 12.8. The van der Waals surface area contributed by atoms with Crippen LogP contribution in [-0.2, 0) is 27.4 Å². The minimum absolute atomic E-state index is 0. The summed E-state index contributed by atoms with van der Waals surface area (Å²) in [6, 6.07) is 14.8. The summed E-state index contributed by atoms with van der Waals surface area (Å²) in [5.74, 6) is 0.169. The van der Waals surface area contributed by atoms with Gasteiger partial charge in [-0.25, -0.2) is 0 Å². The minimum Gasteiger partial charge on any atom is -0.391 e. The van der Waals surface area contributed by atoms with Crippen LogP contribution in [0.3, 0.4) is 0 Å². The van der Waals surface area contributed by atoms with Crippen LogP contribution in [0.4, 0.5) is 0 Å². The quantitative estimate of drug-likeness (QED) is 0.380. The molecule has 0 aliphatic carbocycles. The van der Waals surface area contributed by atoms with Crippen LogP contribution in [-0.4, -0.2) is 67.8 Å². The van der Waals surface area contributed by atoms with Crippen molar-refractivity contribution in [1.82, 2.24) is 24.8 Å². The number of nitrogens with one attached hydrogen (secondary N) is 1. The number of β-amino-alcohol motifs (C(OH)–C–C–N with tert-alkyl or cyclic N) is 1. The third kappa shape index (κ3) is 7.12. The summed E-state index contributed by atoms with van der Waals surface area (Å²) in [6.45, 7) is 4.76. The molecule has 4 rings (SSSR count). The fourth-order valence-electron chi connectivity index (χ4n) is 4.21. The van der Waals surface area contributed by atoms with Crippen LogP contribution in [0.1, 0.15) is 57.2 Å². The number of amides is 2. The van der Waals surface area contributed by atoms with Crippen LogP contribution in [0.15, 0.2) is 48.5 Å². The fraction of sp³-hybridized carbons (Fsp3) is 0.481. The van der Waals surface area contributed by atoms with E-state index in [-0.39, 0.29) is 25.8 Å². The van der Waals surface area contributed by atoms with Crippen molar-refractivity contribution < 1.29 is 19.4 Å². The van der Waals surface area contributed by atoms with Gasteiger partial charge in [-0.05, 0) is 44.4 Å². The van der Waals surface area contributed by atoms with Crippen LogP contribution in [0.2, 0.25) is 0 Å². The van der Waals surface area contributed by atoms with Gasteiger partial charge in [-0.3, -0.25) is 14.0 Å². The number of aryl methyl sites for hydroxylation is 1. The van der Waals surface area contributed by atoms with E-state index in [9.17, 15) is 14.7 Å². The highest BCUT2D eigenvalue weighted by molar-refractivity contribution is 5.85. The van der Waals surface area contributed by atoms with E-state index in [4.69, 9.17) is 10.5 Å². The second kappa shape index (κ2) is 12.3. The van der Waals surface area contributed by atoms with Crippen LogP contribution >= 0.6 is 0 Å². The maximum Gasteiger partial charge on any atom is 0.240 e. The highest BCUT2D eigenvalue weighted by atomic mass is 16.5. The Morgan fingerprint density at radius 1 is 1.19 bits per heavy atom. The lowest BCUT2D eigenvalue weighted by molar-refractivity contribution is -0.130. The van der Waals surface area contributed by atoms with E-state index >= 15 is 0 Å². The summed E-state index contributed by atoms with van der Waals surface area (Å²) in [5, 5.41) is 21.4. The molecule has 2 aromatic heterocycles. The Bertz CT molecular complexity index is 1190. The molecule has 3 heterocycles. The molecule has 0 bridgehead atoms. The van der Waals surface area contributed by atoms with Gasteiger partial charge < -0.3 is 25.8 Å². The van der Waals surface area contributed by atoms with Crippen molar-refractivity contribution in [3.8, 4) is 0 Å². The van der Waals surface area contributed by atoms with Crippen LogP contribution in [0, 0.1) is 0 Å². The summed E-state index contributed by atoms with van der Waals surface area (Å²) in [5.41, 5.74) is 7.42. The number of hydrogen-bond acceptors (Lipinski definition) is 7. The number of aliphatic hydroxyl groups excluding tert-OH is 1. The first-order chi connectivity index (χ1) is 17.2. The Morgan fingerprint density at radius 2 is 1.95 bits per heavy atom. The lowest BCUT2D eigenvalue weighted by atomic mass is 10.1. The van der Waals surface area contributed by atoms with Crippen molar-refractivity contribution in [3.05, 3.63) is 65.6 Å². The molecule has 0 saturated carbocycles. The van der Waals surface area contributed by atoms with Gasteiger partial charge in [-0.1, -0.05) is 43.8 Å². The second-order valence-electron chi connectivity index (χ2n) is 9.80. The van der Waals surface area contributed by atoms with Crippen molar-refractivity contribution in [3.63, 3.8) is 0 Å². The molecule has 0 spiro atoms. The van der Waals surface area contributed by atoms with Crippen molar-refractivity contribution in [1.29, 1.82) is 0 Å². The zero-order valence-electron chi connectivity index (χ0n) is 20.8. The average Bonchev–Trinajstić information content (AvgIpc) is 3.48. The predicted octanol–water partition coefficient (Wildman–Crippen LogP) is 2.00. The molecule has 2 amide bonds. The number of aliphatic hydroxyl groups is 1. The lowest BCUT2D eigenvalue weighted by Crippen LogP contribution is -2.51. The van der Waals surface area contributed by atoms with Crippen molar-refractivity contribution in [2.24, 2.45) is 5.73 Å². The maximum absolute atomic E-state index is 12.8. The van der Waals surface area contributed by atoms with Crippen molar-refractivity contribution in [2.75, 3.05) is 19.7 Å². The molecule has 2 atom stereocenters. The summed E-state index contributed by atoms with van der Waals surface area (Å²) >= 11 is 0. The predicted molar refractivity (Wildman–Crippen MR) is 140 cm³/mol. The number of benzene rings is 1. The first-order valence-corrected chi connectivity index (χ1v) is 12.2. The molecule has 0 radical (unpaired) electrons. The summed E-state index contributed by atoms with van der Waals surface area (Å²) < 4.78 is 7.83. The Morgan fingerprint density at radius 3 is 2.62 bits per heavy atom. The normalized spacial score (nSPS) is 16.4. The Balaban J connectivity index is 0.00000380. The van der Waals surface area contributed by atoms with E-state index in [0.717, 1.165) is 11.3 Å². The lowest BCUT2D eigenvalue weighted by Gasteiger charge is -2.24. The summed E-state index contributed by atoms with van der Waals surface area (Å²) in [4.78, 5) is 27.2. The smallest absolute Gasteiger partial charge is 0.240 e. The van der Waals surface area contributed by atoms with E-state index in [1.807, 2.05) is 52.9 Å². The fourth-order valence-corrected chi connectivity index (χ4v) is 4.21. The van der Waals surface area contributed by atoms with Crippen LogP contribution in [0.5, 0.6) is 0 Å². The van der Waals surface area contributed by atoms with Gasteiger partial charge in [0.05, 0.1) is 24.9 Å². The van der Waals surface area contributed by atoms with Gasteiger partial charge in [0, 0.05) is 25.2 Å². The Labute approximate surface area is 217 Å². The largest absolute Gasteiger partial charge is 0.391 e. The standard InChI is InChI=1S/C26H34N6O4.CH4/c1-26(2,27)25(35)28-21(17-36-16-18-7-4-3-5-8-18)24-30-29-22-10-6-9-19(32(22)24)11-12-23(34)31-14-13-20(33)15-31;/h3-10,20-21,33H,11-17,27H2,1-2H3,(H,28,35);1H4/t20-,21-;/m1./s1. The van der Waals surface area contributed by atoms with Crippen molar-refractivity contribution >= 4 is 17.5 Å². The molecule has 1 aliphatic heterocycles. The SMILES string of the molecule is C.CC(C)(N)C(=O)N[C@H](COCc1ccccc1)c1nnc2cccc(CCC(=O)N3CC[C@@H](O)C3)n12. The van der Waals surface area contributed by atoms with Gasteiger partial charge in [0.2, 0.25) is 11.8 Å². The first kappa shape index (κ1) is 28.2. The average molecular weight is 511 g/mol. The Kier molecular flexibility index (Phi) is 9.36. The summed E-state index contributed by atoms with van der Waals surface area (Å²) in [6.07, 6.45) is 0.912. The molecule has 1 aliphatic rings. The Hall–Kier alpha value is -3.34. The molecule has 10 nitrogen and oxygen atoms in total. The highest BCUT2D eigenvalue weighted by Gasteiger charge is 2.29. The van der Waals surface area contributed by atoms with Gasteiger partial charge in [0.15, 0.2) is 11.5 Å². The molecule has 10 heteroatoms. The topological polar surface area (TPSA) is 135 Å². The van der Waals surface area contributed by atoms with E-state index in [1.165, 1.54) is 0 Å². The van der Waals surface area contributed by atoms with E-state index in [0.29, 0.717) is 50.4 Å². The third-order valence-corrected chi connectivity index (χ3v) is 6.24. The number of hydrogen-bond donors (Lipinski definition) is 3. The second-order valence-corrected chi connectivity index (χ2v) is 9.80. The van der Waals surface area contributed by atoms with E-state index < -0.39 is 17.7 Å². The molecule has 1 saturated heterocycles. The number of carbonyl (C=O) groups is 2. The summed E-state index contributed by atoms with van der Waals surface area (Å²) in [7, 11) is 0. The van der Waals surface area contributed by atoms with E-state index in [2.05, 4.69) is 15.5 Å². The number of pyridine rings is 1. The van der Waals surface area contributed by atoms with Crippen LogP contribution in [0.25, 0.3) is 5.65 Å². The number of carbonyl (C=O) groups excluding carboxylic acids is 2. The molecule has 37 heavy (non-hydrogen) atoms. The van der Waals surface area contributed by atoms with Gasteiger partial charge in [0.25, 0.3) is 0 Å². The number of likely N-dealkylation sites (tertiary alicyclic amines) is 1.